The van der Waals surface area contributed by atoms with E-state index in [0.29, 0.717) is 0 Å². The van der Waals surface area contributed by atoms with Crippen molar-refractivity contribution in [1.82, 2.24) is 4.90 Å². The van der Waals surface area contributed by atoms with Crippen LogP contribution in [0.3, 0.4) is 0 Å². The van der Waals surface area contributed by atoms with Gasteiger partial charge in [-0.25, -0.2) is 0 Å². The third-order valence-electron chi connectivity index (χ3n) is 2.41. The van der Waals surface area contributed by atoms with E-state index in [4.69, 9.17) is 0 Å². The summed E-state index contributed by atoms with van der Waals surface area (Å²) in [4.78, 5) is 6.69. The van der Waals surface area contributed by atoms with Crippen LogP contribution in [0.1, 0.15) is 26.7 Å². The Hall–Kier alpha value is -0.790. The zero-order chi connectivity index (χ0) is 9.19. The summed E-state index contributed by atoms with van der Waals surface area (Å²) in [6, 6.07) is 0. The first kappa shape index (κ1) is 9.30. The highest BCUT2D eigenvalue weighted by Gasteiger charge is 2.23. The van der Waals surface area contributed by atoms with Crippen LogP contribution in [0.4, 0.5) is 0 Å². The van der Waals surface area contributed by atoms with Crippen molar-refractivity contribution in [1.29, 1.82) is 0 Å². The van der Waals surface area contributed by atoms with Crippen molar-refractivity contribution >= 4 is 6.21 Å². The predicted octanol–water partition coefficient (Wildman–Crippen LogP) is 2.08. The van der Waals surface area contributed by atoms with Crippen molar-refractivity contribution in [3.63, 3.8) is 0 Å². The van der Waals surface area contributed by atoms with Crippen molar-refractivity contribution in [3.05, 3.63) is 12.3 Å². The summed E-state index contributed by atoms with van der Waals surface area (Å²) < 4.78 is 0. The molecule has 1 rings (SSSR count). The molecule has 12 heavy (non-hydrogen) atoms. The first-order valence-electron chi connectivity index (χ1n) is 4.48. The van der Waals surface area contributed by atoms with E-state index >= 15 is 0 Å². The molecular weight excluding hydrogens is 148 g/mol. The van der Waals surface area contributed by atoms with E-state index in [1.165, 1.54) is 6.42 Å². The smallest absolute Gasteiger partial charge is 0.0936 e. The highest BCUT2D eigenvalue weighted by molar-refractivity contribution is 5.58. The van der Waals surface area contributed by atoms with Crippen LogP contribution in [0.5, 0.6) is 0 Å². The van der Waals surface area contributed by atoms with E-state index in [0.717, 1.165) is 18.7 Å². The minimum Gasteiger partial charge on any atom is -0.376 e. The minimum atomic E-state index is -0.116. The molecule has 1 aliphatic heterocycles. The largest absolute Gasteiger partial charge is 0.376 e. The lowest BCUT2D eigenvalue weighted by molar-refractivity contribution is 0.345. The molecule has 1 heterocycles. The Bertz CT molecular complexity index is 204. The van der Waals surface area contributed by atoms with E-state index < -0.39 is 0 Å². The molecule has 0 fully saturated rings. The predicted molar refractivity (Wildman–Crippen MR) is 53.6 cm³/mol. The summed E-state index contributed by atoms with van der Waals surface area (Å²) in [6.07, 6.45) is 4.29. The zero-order valence-corrected chi connectivity index (χ0v) is 8.30. The monoisotopic (exact) mass is 166 g/mol. The maximum Gasteiger partial charge on any atom is 0.0936 e. The zero-order valence-electron chi connectivity index (χ0n) is 8.30. The highest BCUT2D eigenvalue weighted by Crippen LogP contribution is 2.23. The van der Waals surface area contributed by atoms with E-state index in [9.17, 15) is 0 Å². The van der Waals surface area contributed by atoms with Gasteiger partial charge in [-0.05, 0) is 32.9 Å². The lowest BCUT2D eigenvalue weighted by Crippen LogP contribution is -2.33. The number of hydrogen-bond acceptors (Lipinski definition) is 2. The van der Waals surface area contributed by atoms with Crippen molar-refractivity contribution in [3.8, 4) is 0 Å². The molecule has 2 heteroatoms. The summed E-state index contributed by atoms with van der Waals surface area (Å²) >= 11 is 0. The van der Waals surface area contributed by atoms with Crippen molar-refractivity contribution in [2.24, 2.45) is 4.99 Å². The number of aliphatic imine (C=N–C) groups is 1. The second kappa shape index (κ2) is 3.30. The lowest BCUT2D eigenvalue weighted by Gasteiger charge is -2.32. The van der Waals surface area contributed by atoms with Gasteiger partial charge < -0.3 is 4.90 Å². The first-order chi connectivity index (χ1) is 5.54. The minimum absolute atomic E-state index is 0.116. The standard InChI is InChI=1S/C10H18N2/c1-9-10(2,3)11-7-5-6-8-12(9)4/h7H,1,5-6,8H2,2-4H3. The summed E-state index contributed by atoms with van der Waals surface area (Å²) in [6.45, 7) is 9.36. The summed E-state index contributed by atoms with van der Waals surface area (Å²) in [5.41, 5.74) is 0.994. The molecule has 0 aromatic carbocycles. The van der Waals surface area contributed by atoms with Crippen LogP contribution in [0.2, 0.25) is 0 Å². The van der Waals surface area contributed by atoms with E-state index in [-0.39, 0.29) is 5.54 Å². The highest BCUT2D eigenvalue weighted by atomic mass is 15.1. The summed E-state index contributed by atoms with van der Waals surface area (Å²) in [7, 11) is 2.09. The molecule has 0 atom stereocenters. The van der Waals surface area contributed by atoms with Gasteiger partial charge in [0.25, 0.3) is 0 Å². The molecule has 0 N–H and O–H groups in total. The molecule has 0 unspecified atom stereocenters. The van der Waals surface area contributed by atoms with E-state index in [2.05, 4.69) is 37.4 Å². The number of likely N-dealkylation sites (N-methyl/N-ethyl adjacent to an activating group) is 1. The molecule has 0 aliphatic carbocycles. The Morgan fingerprint density at radius 1 is 1.58 bits per heavy atom. The van der Waals surface area contributed by atoms with Gasteiger partial charge in [0, 0.05) is 19.3 Å². The molecule has 68 valence electrons. The topological polar surface area (TPSA) is 15.6 Å². The van der Waals surface area contributed by atoms with Crippen LogP contribution in [0.15, 0.2) is 17.3 Å². The fourth-order valence-corrected chi connectivity index (χ4v) is 1.39. The third-order valence-corrected chi connectivity index (χ3v) is 2.41. The van der Waals surface area contributed by atoms with Crippen LogP contribution in [-0.2, 0) is 0 Å². The summed E-state index contributed by atoms with van der Waals surface area (Å²) in [5, 5.41) is 0. The SMILES string of the molecule is C=C1N(C)CCCC=NC1(C)C. The average Bonchev–Trinajstić information content (AvgIpc) is 2.00. The molecule has 0 bridgehead atoms. The van der Waals surface area contributed by atoms with Gasteiger partial charge in [-0.1, -0.05) is 6.58 Å². The molecule has 0 aromatic heterocycles. The average molecular weight is 166 g/mol. The quantitative estimate of drug-likeness (QED) is 0.538. The molecular formula is C10H18N2. The molecule has 1 aliphatic rings. The molecule has 0 amide bonds. The number of rotatable bonds is 0. The van der Waals surface area contributed by atoms with Gasteiger partial charge in [-0.3, -0.25) is 4.99 Å². The van der Waals surface area contributed by atoms with Crippen LogP contribution in [0, 0.1) is 0 Å². The summed E-state index contributed by atoms with van der Waals surface area (Å²) in [5.74, 6) is 0. The molecule has 0 aromatic rings. The molecule has 0 saturated heterocycles. The van der Waals surface area contributed by atoms with Gasteiger partial charge in [-0.15, -0.1) is 0 Å². The number of nitrogens with zero attached hydrogens (tertiary/aromatic N) is 2. The maximum absolute atomic E-state index is 4.48. The second-order valence-electron chi connectivity index (χ2n) is 3.88. The Morgan fingerprint density at radius 2 is 2.25 bits per heavy atom. The van der Waals surface area contributed by atoms with Gasteiger partial charge in [0.15, 0.2) is 0 Å². The second-order valence-corrected chi connectivity index (χ2v) is 3.88. The van der Waals surface area contributed by atoms with Gasteiger partial charge in [0.2, 0.25) is 0 Å². The van der Waals surface area contributed by atoms with Crippen molar-refractivity contribution < 1.29 is 0 Å². The van der Waals surface area contributed by atoms with Gasteiger partial charge >= 0.3 is 0 Å². The molecule has 0 saturated carbocycles. The van der Waals surface area contributed by atoms with Crippen molar-refractivity contribution in [2.75, 3.05) is 13.6 Å². The van der Waals surface area contributed by atoms with E-state index in [1.807, 2.05) is 6.21 Å². The maximum atomic E-state index is 4.48. The van der Waals surface area contributed by atoms with Crippen LogP contribution in [0.25, 0.3) is 0 Å². The number of hydrogen-bond donors (Lipinski definition) is 0. The van der Waals surface area contributed by atoms with Crippen LogP contribution in [-0.4, -0.2) is 30.2 Å². The third kappa shape index (κ3) is 1.87. The molecule has 2 nitrogen and oxygen atoms in total. The van der Waals surface area contributed by atoms with E-state index in [1.54, 1.807) is 0 Å². The van der Waals surface area contributed by atoms with Crippen LogP contribution >= 0.6 is 0 Å². The normalized spacial score (nSPS) is 23.6. The van der Waals surface area contributed by atoms with Crippen molar-refractivity contribution in [2.45, 2.75) is 32.2 Å². The Labute approximate surface area is 75.0 Å². The van der Waals surface area contributed by atoms with Gasteiger partial charge in [-0.2, -0.15) is 0 Å². The Balaban J connectivity index is 2.83. The van der Waals surface area contributed by atoms with Gasteiger partial charge in [0.05, 0.1) is 5.54 Å². The van der Waals surface area contributed by atoms with Crippen LogP contribution < -0.4 is 0 Å². The lowest BCUT2D eigenvalue weighted by atomic mass is 10.0. The fraction of sp³-hybridized carbons (Fsp3) is 0.700. The Morgan fingerprint density at radius 3 is 2.92 bits per heavy atom. The molecule has 0 spiro atoms. The first-order valence-corrected chi connectivity index (χ1v) is 4.48. The van der Waals surface area contributed by atoms with Gasteiger partial charge in [0.1, 0.15) is 0 Å². The molecule has 0 radical (unpaired) electrons. The fourth-order valence-electron chi connectivity index (χ4n) is 1.39. The Kier molecular flexibility index (Phi) is 2.55.